The fourth-order valence-electron chi connectivity index (χ4n) is 3.89. The number of aliphatic carboxylic acids is 1. The number of aliphatic hydroxyl groups is 3. The predicted molar refractivity (Wildman–Crippen MR) is 110 cm³/mol. The second-order valence-corrected chi connectivity index (χ2v) is 11.2. The molecule has 1 aliphatic carbocycles. The number of carbonyl (C=O) groups is 1. The molecule has 2 rings (SSSR count). The van der Waals surface area contributed by atoms with Crippen molar-refractivity contribution in [2.24, 2.45) is 5.92 Å². The van der Waals surface area contributed by atoms with Crippen LogP contribution in [0.25, 0.3) is 0 Å². The Bertz CT molecular complexity index is 1120. The number of carboxylic acid groups (broad SMARTS) is 1. The third-order valence-electron chi connectivity index (χ3n) is 5.40. The lowest BCUT2D eigenvalue weighted by Crippen LogP contribution is -2.67. The Morgan fingerprint density at radius 1 is 0.946 bits per heavy atom. The van der Waals surface area contributed by atoms with Crippen LogP contribution in [-0.2, 0) is 58.5 Å². The molecule has 0 aromatic carbocycles. The molecule has 23 heteroatoms. The molecule has 10 unspecified atom stereocenters. The minimum Gasteiger partial charge on any atom is -0.481 e. The van der Waals surface area contributed by atoms with Gasteiger partial charge >= 0.3 is 37.1 Å². The monoisotopic (exact) mass is 607 g/mol. The second-order valence-electron chi connectivity index (χ2n) is 7.89. The maximum Gasteiger partial charge on any atom is 0.397 e. The molecule has 8 N–H and O–H groups in total. The molecule has 37 heavy (non-hydrogen) atoms. The average molecular weight is 608 g/mol. The Morgan fingerprint density at radius 3 is 2.00 bits per heavy atom. The van der Waals surface area contributed by atoms with E-state index in [2.05, 4.69) is 8.37 Å². The zero-order chi connectivity index (χ0) is 28.5. The molecule has 0 bridgehead atoms. The molecule has 1 aliphatic heterocycles. The van der Waals surface area contributed by atoms with E-state index < -0.39 is 111 Å². The normalized spacial score (nSPS) is 37.8. The lowest BCUT2D eigenvalue weighted by molar-refractivity contribution is -0.286. The molecule has 0 spiro atoms. The summed E-state index contributed by atoms with van der Waals surface area (Å²) in [6.45, 7) is -1.15. The van der Waals surface area contributed by atoms with Crippen LogP contribution in [0.5, 0.6) is 0 Å². The van der Waals surface area contributed by atoms with E-state index in [0.29, 0.717) is 0 Å². The van der Waals surface area contributed by atoms with Gasteiger partial charge in [0.15, 0.2) is 6.29 Å². The number of aliphatic hydroxyl groups excluding tert-OH is 3. The van der Waals surface area contributed by atoms with Crippen LogP contribution in [0.1, 0.15) is 6.42 Å². The maximum absolute atomic E-state index is 11.5. The number of ether oxygens (including phenoxy) is 3. The van der Waals surface area contributed by atoms with E-state index in [4.69, 9.17) is 27.9 Å². The summed E-state index contributed by atoms with van der Waals surface area (Å²) < 4.78 is 120. The number of rotatable bonds is 11. The Morgan fingerprint density at radius 2 is 1.54 bits per heavy atom. The highest BCUT2D eigenvalue weighted by molar-refractivity contribution is 7.83. The zero-order valence-corrected chi connectivity index (χ0v) is 20.9. The minimum absolute atomic E-state index is 0.840. The highest BCUT2D eigenvalue weighted by atomic mass is 32.3. The Balaban J connectivity index is 2.49. The van der Waals surface area contributed by atoms with Crippen molar-refractivity contribution in [2.75, 3.05) is 13.7 Å². The summed E-state index contributed by atoms with van der Waals surface area (Å²) in [6, 6.07) is -1.90. The Labute approximate surface area is 209 Å². The Hall–Kier alpha value is -1.16. The van der Waals surface area contributed by atoms with Gasteiger partial charge in [-0.1, -0.05) is 0 Å². The van der Waals surface area contributed by atoms with Gasteiger partial charge in [0, 0.05) is 7.11 Å². The first-order valence-corrected chi connectivity index (χ1v) is 14.0. The summed E-state index contributed by atoms with van der Waals surface area (Å²) in [5.41, 5.74) is 0. The summed E-state index contributed by atoms with van der Waals surface area (Å²) in [5, 5.41) is 40.5. The summed E-state index contributed by atoms with van der Waals surface area (Å²) >= 11 is 0. The predicted octanol–water partition coefficient (Wildman–Crippen LogP) is -4.93. The highest BCUT2D eigenvalue weighted by Crippen LogP contribution is 2.34. The summed E-state index contributed by atoms with van der Waals surface area (Å²) in [5.74, 6) is -3.52. The summed E-state index contributed by atoms with van der Waals surface area (Å²) in [7, 11) is -14.6. The molecule has 10 atom stereocenters. The number of nitrogens with one attached hydrogen (secondary N) is 1. The van der Waals surface area contributed by atoms with Gasteiger partial charge in [-0.05, 0) is 6.42 Å². The van der Waals surface area contributed by atoms with E-state index in [1.807, 2.05) is 0 Å². The largest absolute Gasteiger partial charge is 0.481 e. The van der Waals surface area contributed by atoms with Gasteiger partial charge in [-0.25, -0.2) is 8.37 Å². The number of carboxylic acids is 1. The van der Waals surface area contributed by atoms with Crippen LogP contribution < -0.4 is 4.72 Å². The smallest absolute Gasteiger partial charge is 0.397 e. The topological polar surface area (TPSA) is 319 Å². The number of hydrogen-bond acceptors (Lipinski definition) is 15. The lowest BCUT2D eigenvalue weighted by Gasteiger charge is -2.47. The van der Waals surface area contributed by atoms with Crippen LogP contribution in [0.2, 0.25) is 0 Å². The molecule has 0 amide bonds. The molecular formula is C14H25NO19S3. The fourth-order valence-corrected chi connectivity index (χ4v) is 5.31. The summed E-state index contributed by atoms with van der Waals surface area (Å²) in [4.78, 5) is 11.5. The van der Waals surface area contributed by atoms with Gasteiger partial charge in [0.1, 0.15) is 36.6 Å². The maximum atomic E-state index is 11.5. The van der Waals surface area contributed by atoms with Crippen molar-refractivity contribution in [1.29, 1.82) is 0 Å². The third-order valence-corrected chi connectivity index (χ3v) is 6.87. The summed E-state index contributed by atoms with van der Waals surface area (Å²) in [6.07, 6.45) is -17.2. The Kier molecular flexibility index (Phi) is 10.3. The molecule has 1 heterocycles. The molecule has 1 saturated heterocycles. The molecule has 2 aliphatic rings. The van der Waals surface area contributed by atoms with E-state index in [0.717, 1.165) is 7.11 Å². The third kappa shape index (κ3) is 8.94. The van der Waals surface area contributed by atoms with Crippen LogP contribution in [-0.4, -0.2) is 134 Å². The molecule has 0 aromatic rings. The zero-order valence-electron chi connectivity index (χ0n) is 18.4. The van der Waals surface area contributed by atoms with Crippen LogP contribution in [0.3, 0.4) is 0 Å². The first kappa shape index (κ1) is 32.1. The van der Waals surface area contributed by atoms with Gasteiger partial charge in [-0.2, -0.15) is 30.0 Å². The number of hydrogen-bond donors (Lipinski definition) is 8. The standard InChI is InChI=1S/C14H25NO19S3/c1-30-14-7(15-35(21,22)23)9(17)11(6(33-14)3-31-36(24,25)26)32-5-2-4(13(19)20)8(16)10(18)12(5)34-37(27,28)29/h4-12,14-18H,2-3H2,1H3,(H,19,20)(H,21,22,23)(H,24,25,26)(H,27,28,29). The second kappa shape index (κ2) is 11.9. The first-order valence-electron chi connectivity index (χ1n) is 9.87. The van der Waals surface area contributed by atoms with Crippen LogP contribution in [0.4, 0.5) is 0 Å². The molecule has 218 valence electrons. The average Bonchev–Trinajstić information content (AvgIpc) is 2.72. The van der Waals surface area contributed by atoms with Gasteiger partial charge in [0.05, 0.1) is 24.7 Å². The van der Waals surface area contributed by atoms with E-state index in [-0.39, 0.29) is 0 Å². The number of methoxy groups -OCH3 is 1. The van der Waals surface area contributed by atoms with Crippen molar-refractivity contribution in [3.8, 4) is 0 Å². The lowest BCUT2D eigenvalue weighted by atomic mass is 9.80. The SMILES string of the molecule is COC1OC(COS(=O)(=O)O)C(OC2CC(C(=O)O)C(O)C(O)C2OS(=O)(=O)O)C(O)C1NS(=O)(=O)O. The van der Waals surface area contributed by atoms with Gasteiger partial charge in [0.2, 0.25) is 0 Å². The van der Waals surface area contributed by atoms with Gasteiger partial charge in [0.25, 0.3) is 0 Å². The highest BCUT2D eigenvalue weighted by Gasteiger charge is 2.54. The van der Waals surface area contributed by atoms with Gasteiger partial charge in [-0.3, -0.25) is 18.5 Å². The molecule has 1 saturated carbocycles. The van der Waals surface area contributed by atoms with Crippen molar-refractivity contribution in [2.45, 2.75) is 61.5 Å². The van der Waals surface area contributed by atoms with E-state index in [1.54, 1.807) is 4.72 Å². The molecular weight excluding hydrogens is 582 g/mol. The fraction of sp³-hybridized carbons (Fsp3) is 0.929. The van der Waals surface area contributed by atoms with Crippen molar-refractivity contribution in [1.82, 2.24) is 4.72 Å². The molecule has 2 fully saturated rings. The molecule has 0 aromatic heterocycles. The van der Waals surface area contributed by atoms with Crippen LogP contribution >= 0.6 is 0 Å². The van der Waals surface area contributed by atoms with Crippen LogP contribution in [0.15, 0.2) is 0 Å². The van der Waals surface area contributed by atoms with E-state index >= 15 is 0 Å². The van der Waals surface area contributed by atoms with Gasteiger partial charge in [-0.15, -0.1) is 0 Å². The minimum atomic E-state index is -5.37. The van der Waals surface area contributed by atoms with Crippen molar-refractivity contribution in [3.63, 3.8) is 0 Å². The molecule has 20 nitrogen and oxygen atoms in total. The quantitative estimate of drug-likeness (QED) is 0.102. The van der Waals surface area contributed by atoms with Crippen molar-refractivity contribution >= 4 is 37.1 Å². The van der Waals surface area contributed by atoms with E-state index in [1.165, 1.54) is 0 Å². The van der Waals surface area contributed by atoms with E-state index in [9.17, 15) is 50.5 Å². The molecule has 0 radical (unpaired) electrons. The van der Waals surface area contributed by atoms with Gasteiger partial charge < -0.3 is 34.6 Å². The first-order chi connectivity index (χ1) is 16.7. The van der Waals surface area contributed by atoms with Crippen LogP contribution in [0, 0.1) is 5.92 Å². The van der Waals surface area contributed by atoms with Crippen molar-refractivity contribution < 1.29 is 86.7 Å². The van der Waals surface area contributed by atoms with Crippen molar-refractivity contribution in [3.05, 3.63) is 0 Å².